The van der Waals surface area contributed by atoms with Crippen LogP contribution in [0.15, 0.2) is 47.6 Å². The van der Waals surface area contributed by atoms with Crippen LogP contribution in [0.3, 0.4) is 0 Å². The summed E-state index contributed by atoms with van der Waals surface area (Å²) in [5.74, 6) is -0.383. The van der Waals surface area contributed by atoms with Gasteiger partial charge < -0.3 is 5.11 Å². The van der Waals surface area contributed by atoms with Gasteiger partial charge in [0, 0.05) is 21.2 Å². The number of amides is 1. The predicted molar refractivity (Wildman–Crippen MR) is 84.2 cm³/mol. The number of hydrogen-bond acceptors (Lipinski definition) is 3. The van der Waals surface area contributed by atoms with Crippen molar-refractivity contribution in [1.82, 2.24) is 5.43 Å². The molecule has 108 valence electrons. The SMILES string of the molecule is C/C(=N\NC(=O)c1cccc(Cl)c1)c1ccc(Cl)cc1O. The van der Waals surface area contributed by atoms with Gasteiger partial charge in [0.1, 0.15) is 5.75 Å². The molecule has 2 aromatic carbocycles. The average Bonchev–Trinajstić information content (AvgIpc) is 2.44. The number of rotatable bonds is 3. The van der Waals surface area contributed by atoms with Crippen LogP contribution in [0.5, 0.6) is 5.75 Å². The fourth-order valence-corrected chi connectivity index (χ4v) is 2.06. The fourth-order valence-electron chi connectivity index (χ4n) is 1.70. The van der Waals surface area contributed by atoms with Crippen molar-refractivity contribution in [2.45, 2.75) is 6.92 Å². The Labute approximate surface area is 132 Å². The molecule has 0 saturated carbocycles. The molecule has 0 unspecified atom stereocenters. The van der Waals surface area contributed by atoms with Gasteiger partial charge in [0.15, 0.2) is 0 Å². The van der Waals surface area contributed by atoms with Crippen LogP contribution in [-0.4, -0.2) is 16.7 Å². The standard InChI is InChI=1S/C15H12Cl2N2O2/c1-9(13-6-5-12(17)8-14(13)20)18-19-15(21)10-3-2-4-11(16)7-10/h2-8,20H,1H3,(H,19,21)/b18-9+. The zero-order valence-electron chi connectivity index (χ0n) is 11.1. The molecule has 0 radical (unpaired) electrons. The minimum atomic E-state index is -0.384. The number of hydrogen-bond donors (Lipinski definition) is 2. The molecule has 4 nitrogen and oxygen atoms in total. The number of halogens is 2. The van der Waals surface area contributed by atoms with Crippen LogP contribution >= 0.6 is 23.2 Å². The molecule has 1 amide bonds. The highest BCUT2D eigenvalue weighted by Crippen LogP contribution is 2.22. The van der Waals surface area contributed by atoms with Crippen LogP contribution in [0.25, 0.3) is 0 Å². The summed E-state index contributed by atoms with van der Waals surface area (Å²) in [4.78, 5) is 11.9. The van der Waals surface area contributed by atoms with Crippen LogP contribution in [0.2, 0.25) is 10.0 Å². The van der Waals surface area contributed by atoms with Crippen LogP contribution in [0, 0.1) is 0 Å². The zero-order valence-corrected chi connectivity index (χ0v) is 12.6. The van der Waals surface area contributed by atoms with Crippen LogP contribution in [0.4, 0.5) is 0 Å². The first-order valence-electron chi connectivity index (χ1n) is 6.06. The number of nitrogens with zero attached hydrogens (tertiary/aromatic N) is 1. The first kappa shape index (κ1) is 15.4. The third kappa shape index (κ3) is 3.97. The Balaban J connectivity index is 2.15. The van der Waals surface area contributed by atoms with Crippen LogP contribution < -0.4 is 5.43 Å². The number of carbonyl (C=O) groups is 1. The smallest absolute Gasteiger partial charge is 0.271 e. The molecule has 0 atom stereocenters. The molecular weight excluding hydrogens is 311 g/mol. The Morgan fingerprint density at radius 3 is 2.52 bits per heavy atom. The molecule has 0 aliphatic carbocycles. The van der Waals surface area contributed by atoms with Gasteiger partial charge in [-0.1, -0.05) is 29.3 Å². The number of aromatic hydroxyl groups is 1. The summed E-state index contributed by atoms with van der Waals surface area (Å²) in [6, 6.07) is 11.2. The highest BCUT2D eigenvalue weighted by molar-refractivity contribution is 6.31. The number of nitrogens with one attached hydrogen (secondary N) is 1. The first-order chi connectivity index (χ1) is 9.97. The second-order valence-corrected chi connectivity index (χ2v) is 5.18. The summed E-state index contributed by atoms with van der Waals surface area (Å²) in [7, 11) is 0. The molecule has 0 saturated heterocycles. The molecule has 2 rings (SSSR count). The van der Waals surface area contributed by atoms with Crippen molar-refractivity contribution < 1.29 is 9.90 Å². The topological polar surface area (TPSA) is 61.7 Å². The van der Waals surface area contributed by atoms with E-state index in [0.29, 0.717) is 26.9 Å². The summed E-state index contributed by atoms with van der Waals surface area (Å²) in [5.41, 5.74) is 3.76. The molecule has 0 aliphatic heterocycles. The third-order valence-corrected chi connectivity index (χ3v) is 3.23. The van der Waals surface area contributed by atoms with E-state index in [1.165, 1.54) is 6.07 Å². The Hall–Kier alpha value is -2.04. The van der Waals surface area contributed by atoms with Crippen molar-refractivity contribution in [2.75, 3.05) is 0 Å². The van der Waals surface area contributed by atoms with E-state index in [0.717, 1.165) is 0 Å². The predicted octanol–water partition coefficient (Wildman–Crippen LogP) is 3.85. The van der Waals surface area contributed by atoms with Gasteiger partial charge in [-0.15, -0.1) is 0 Å². The molecule has 0 aliphatic rings. The van der Waals surface area contributed by atoms with E-state index in [4.69, 9.17) is 23.2 Å². The average molecular weight is 323 g/mol. The van der Waals surface area contributed by atoms with Gasteiger partial charge in [-0.25, -0.2) is 5.43 Å². The Bertz CT molecular complexity index is 715. The quantitative estimate of drug-likeness (QED) is 0.666. The Morgan fingerprint density at radius 1 is 1.14 bits per heavy atom. The molecule has 21 heavy (non-hydrogen) atoms. The maximum absolute atomic E-state index is 11.9. The highest BCUT2D eigenvalue weighted by atomic mass is 35.5. The summed E-state index contributed by atoms with van der Waals surface area (Å²) in [6.45, 7) is 1.67. The summed E-state index contributed by atoms with van der Waals surface area (Å²) >= 11 is 11.6. The van der Waals surface area contributed by atoms with Gasteiger partial charge in [-0.05, 0) is 43.3 Å². The monoisotopic (exact) mass is 322 g/mol. The van der Waals surface area contributed by atoms with E-state index >= 15 is 0 Å². The largest absolute Gasteiger partial charge is 0.507 e. The number of benzene rings is 2. The van der Waals surface area contributed by atoms with Gasteiger partial charge in [0.05, 0.1) is 5.71 Å². The van der Waals surface area contributed by atoms with E-state index < -0.39 is 0 Å². The molecule has 6 heteroatoms. The van der Waals surface area contributed by atoms with E-state index in [1.54, 1.807) is 43.3 Å². The number of carbonyl (C=O) groups excluding carboxylic acids is 1. The number of phenols is 1. The number of hydrazone groups is 1. The first-order valence-corrected chi connectivity index (χ1v) is 6.82. The molecule has 0 spiro atoms. The van der Waals surface area contributed by atoms with Gasteiger partial charge >= 0.3 is 0 Å². The van der Waals surface area contributed by atoms with Gasteiger partial charge in [0.2, 0.25) is 0 Å². The Kier molecular flexibility index (Phi) is 4.83. The fraction of sp³-hybridized carbons (Fsp3) is 0.0667. The van der Waals surface area contributed by atoms with E-state index in [-0.39, 0.29) is 11.7 Å². The van der Waals surface area contributed by atoms with Gasteiger partial charge in [-0.2, -0.15) is 5.10 Å². The van der Waals surface area contributed by atoms with Gasteiger partial charge in [-0.3, -0.25) is 4.79 Å². The normalized spacial score (nSPS) is 11.3. The third-order valence-electron chi connectivity index (χ3n) is 2.76. The highest BCUT2D eigenvalue weighted by Gasteiger charge is 2.08. The second-order valence-electron chi connectivity index (χ2n) is 4.31. The second kappa shape index (κ2) is 6.61. The maximum atomic E-state index is 11.9. The van der Waals surface area contributed by atoms with E-state index in [2.05, 4.69) is 10.5 Å². The van der Waals surface area contributed by atoms with Gasteiger partial charge in [0.25, 0.3) is 5.91 Å². The lowest BCUT2D eigenvalue weighted by molar-refractivity contribution is 0.0955. The minimum Gasteiger partial charge on any atom is -0.507 e. The maximum Gasteiger partial charge on any atom is 0.271 e. The van der Waals surface area contributed by atoms with Crippen LogP contribution in [0.1, 0.15) is 22.8 Å². The summed E-state index contributed by atoms with van der Waals surface area (Å²) < 4.78 is 0. The van der Waals surface area contributed by atoms with Crippen molar-refractivity contribution in [3.63, 3.8) is 0 Å². The zero-order chi connectivity index (χ0) is 15.4. The molecule has 2 N–H and O–H groups in total. The van der Waals surface area contributed by atoms with Crippen molar-refractivity contribution in [3.05, 3.63) is 63.6 Å². The minimum absolute atomic E-state index is 0.000699. The van der Waals surface area contributed by atoms with Crippen molar-refractivity contribution >= 4 is 34.8 Å². The van der Waals surface area contributed by atoms with Crippen molar-refractivity contribution in [1.29, 1.82) is 0 Å². The molecule has 2 aromatic rings. The summed E-state index contributed by atoms with van der Waals surface area (Å²) in [6.07, 6.45) is 0. The summed E-state index contributed by atoms with van der Waals surface area (Å²) in [5, 5.41) is 14.6. The lowest BCUT2D eigenvalue weighted by atomic mass is 10.1. The molecule has 0 heterocycles. The number of phenolic OH excluding ortho intramolecular Hbond substituents is 1. The molecular formula is C15H12Cl2N2O2. The Morgan fingerprint density at radius 2 is 1.86 bits per heavy atom. The van der Waals surface area contributed by atoms with E-state index in [1.807, 2.05) is 0 Å². The van der Waals surface area contributed by atoms with E-state index in [9.17, 15) is 9.90 Å². The van der Waals surface area contributed by atoms with Crippen molar-refractivity contribution in [3.8, 4) is 5.75 Å². The van der Waals surface area contributed by atoms with Crippen molar-refractivity contribution in [2.24, 2.45) is 5.10 Å². The lowest BCUT2D eigenvalue weighted by Crippen LogP contribution is -2.19. The lowest BCUT2D eigenvalue weighted by Gasteiger charge is -2.05. The molecule has 0 bridgehead atoms. The molecule has 0 fully saturated rings. The van der Waals surface area contributed by atoms with Crippen LogP contribution in [-0.2, 0) is 0 Å². The molecule has 0 aromatic heterocycles.